The first kappa shape index (κ1) is 19.0. The van der Waals surface area contributed by atoms with Crippen LogP contribution in [0.15, 0.2) is 48.9 Å². The zero-order valence-corrected chi connectivity index (χ0v) is 15.5. The van der Waals surface area contributed by atoms with Gasteiger partial charge in [0.25, 0.3) is 0 Å². The van der Waals surface area contributed by atoms with Crippen molar-refractivity contribution in [3.63, 3.8) is 0 Å². The Balaban J connectivity index is 1.33. The van der Waals surface area contributed by atoms with Gasteiger partial charge in [0.15, 0.2) is 0 Å². The largest absolute Gasteiger partial charge is 0.352 e. The second-order valence-corrected chi connectivity index (χ2v) is 7.00. The quantitative estimate of drug-likeness (QED) is 0.816. The number of hydrogen-bond donors (Lipinski definition) is 1. The minimum atomic E-state index is 0.0764. The average molecular weight is 366 g/mol. The van der Waals surface area contributed by atoms with Crippen molar-refractivity contribution in [3.8, 4) is 0 Å². The zero-order valence-electron chi connectivity index (χ0n) is 15.5. The molecule has 0 bridgehead atoms. The number of carbonyl (C=O) groups excluding carboxylic acids is 2. The maximum atomic E-state index is 12.4. The molecule has 0 aliphatic carbocycles. The lowest BCUT2D eigenvalue weighted by Gasteiger charge is -2.32. The maximum Gasteiger partial charge on any atom is 0.228 e. The molecule has 2 amide bonds. The highest BCUT2D eigenvalue weighted by molar-refractivity contribution is 5.78. The Kier molecular flexibility index (Phi) is 6.90. The van der Waals surface area contributed by atoms with E-state index in [-0.39, 0.29) is 11.8 Å². The van der Waals surface area contributed by atoms with Crippen LogP contribution in [0.2, 0.25) is 0 Å². The highest BCUT2D eigenvalue weighted by Crippen LogP contribution is 2.22. The van der Waals surface area contributed by atoms with E-state index < -0.39 is 0 Å². The van der Waals surface area contributed by atoms with Crippen LogP contribution in [-0.2, 0) is 22.6 Å². The van der Waals surface area contributed by atoms with Gasteiger partial charge in [-0.25, -0.2) is 0 Å². The molecule has 2 aromatic rings. The molecule has 3 rings (SSSR count). The van der Waals surface area contributed by atoms with Crippen LogP contribution >= 0.6 is 0 Å². The number of nitrogens with one attached hydrogen (secondary N) is 1. The van der Waals surface area contributed by atoms with Gasteiger partial charge in [-0.05, 0) is 48.9 Å². The van der Waals surface area contributed by atoms with Gasteiger partial charge in [-0.15, -0.1) is 0 Å². The van der Waals surface area contributed by atoms with E-state index in [1.807, 2.05) is 35.2 Å². The van der Waals surface area contributed by atoms with Gasteiger partial charge in [-0.1, -0.05) is 12.1 Å². The first-order valence-corrected chi connectivity index (χ1v) is 9.54. The summed E-state index contributed by atoms with van der Waals surface area (Å²) >= 11 is 0. The number of pyridine rings is 2. The first-order chi connectivity index (χ1) is 13.2. The Morgan fingerprint density at radius 3 is 2.67 bits per heavy atom. The van der Waals surface area contributed by atoms with E-state index in [1.165, 1.54) is 0 Å². The van der Waals surface area contributed by atoms with E-state index >= 15 is 0 Å². The number of likely N-dealkylation sites (tertiary alicyclic amines) is 1. The average Bonchev–Trinajstić information content (AvgIpc) is 2.72. The molecule has 0 aromatic carbocycles. The van der Waals surface area contributed by atoms with Gasteiger partial charge in [0, 0.05) is 50.3 Å². The van der Waals surface area contributed by atoms with E-state index in [4.69, 9.17) is 0 Å². The predicted molar refractivity (Wildman–Crippen MR) is 103 cm³/mol. The zero-order chi connectivity index (χ0) is 18.9. The van der Waals surface area contributed by atoms with Gasteiger partial charge < -0.3 is 10.2 Å². The molecule has 142 valence electrons. The fraction of sp³-hybridized carbons (Fsp3) is 0.429. The van der Waals surface area contributed by atoms with Crippen molar-refractivity contribution in [2.24, 2.45) is 5.92 Å². The van der Waals surface area contributed by atoms with Crippen molar-refractivity contribution >= 4 is 11.8 Å². The van der Waals surface area contributed by atoms with Gasteiger partial charge in [0.2, 0.25) is 11.8 Å². The van der Waals surface area contributed by atoms with Gasteiger partial charge in [-0.3, -0.25) is 19.6 Å². The molecule has 0 radical (unpaired) electrons. The fourth-order valence-electron chi connectivity index (χ4n) is 3.37. The molecule has 27 heavy (non-hydrogen) atoms. The molecule has 1 fully saturated rings. The molecule has 1 aliphatic heterocycles. The summed E-state index contributed by atoms with van der Waals surface area (Å²) < 4.78 is 0. The third kappa shape index (κ3) is 6.16. The smallest absolute Gasteiger partial charge is 0.228 e. The van der Waals surface area contributed by atoms with Crippen LogP contribution in [0.25, 0.3) is 0 Å². The molecule has 0 unspecified atom stereocenters. The summed E-state index contributed by atoms with van der Waals surface area (Å²) in [4.78, 5) is 34.6. The second kappa shape index (κ2) is 9.80. The molecule has 0 saturated carbocycles. The van der Waals surface area contributed by atoms with Crippen molar-refractivity contribution < 1.29 is 9.59 Å². The van der Waals surface area contributed by atoms with Gasteiger partial charge in [0.1, 0.15) is 0 Å². The second-order valence-electron chi connectivity index (χ2n) is 7.00. The van der Waals surface area contributed by atoms with Gasteiger partial charge in [0.05, 0.1) is 6.42 Å². The Labute approximate surface area is 160 Å². The topological polar surface area (TPSA) is 75.2 Å². The van der Waals surface area contributed by atoms with Crippen molar-refractivity contribution in [2.75, 3.05) is 13.1 Å². The number of aromatic nitrogens is 2. The molecule has 0 spiro atoms. The summed E-state index contributed by atoms with van der Waals surface area (Å²) in [7, 11) is 0. The molecule has 1 aliphatic rings. The predicted octanol–water partition coefficient (Wildman–Crippen LogP) is 2.35. The molecule has 2 aromatic heterocycles. The van der Waals surface area contributed by atoms with E-state index in [2.05, 4.69) is 15.3 Å². The van der Waals surface area contributed by atoms with E-state index in [0.717, 1.165) is 43.6 Å². The lowest BCUT2D eigenvalue weighted by Crippen LogP contribution is -2.39. The number of piperidine rings is 1. The minimum Gasteiger partial charge on any atom is -0.352 e. The highest BCUT2D eigenvalue weighted by atomic mass is 16.2. The molecular weight excluding hydrogens is 340 g/mol. The molecular formula is C21H26N4O2. The summed E-state index contributed by atoms with van der Waals surface area (Å²) in [6.07, 6.45) is 8.90. The van der Waals surface area contributed by atoms with Crippen LogP contribution in [0.3, 0.4) is 0 Å². The number of nitrogens with zero attached hydrogens (tertiary/aromatic N) is 3. The number of rotatable bonds is 7. The van der Waals surface area contributed by atoms with Gasteiger partial charge >= 0.3 is 0 Å². The summed E-state index contributed by atoms with van der Waals surface area (Å²) in [6, 6.07) is 9.46. The Morgan fingerprint density at radius 2 is 1.96 bits per heavy atom. The van der Waals surface area contributed by atoms with E-state index in [1.54, 1.807) is 18.6 Å². The van der Waals surface area contributed by atoms with Crippen molar-refractivity contribution in [1.29, 1.82) is 0 Å². The van der Waals surface area contributed by atoms with Crippen molar-refractivity contribution in [1.82, 2.24) is 20.2 Å². The number of amides is 2. The number of hydrogen-bond acceptors (Lipinski definition) is 4. The maximum absolute atomic E-state index is 12.4. The lowest BCUT2D eigenvalue weighted by atomic mass is 9.92. The molecule has 0 atom stereocenters. The fourth-order valence-corrected chi connectivity index (χ4v) is 3.37. The van der Waals surface area contributed by atoms with Crippen LogP contribution < -0.4 is 5.32 Å². The Hall–Kier alpha value is -2.76. The summed E-state index contributed by atoms with van der Waals surface area (Å²) in [5.74, 6) is 0.724. The van der Waals surface area contributed by atoms with E-state index in [0.29, 0.717) is 25.3 Å². The minimum absolute atomic E-state index is 0.0764. The Bertz CT molecular complexity index is 728. The molecule has 1 N–H and O–H groups in total. The standard InChI is InChI=1S/C21H26N4O2/c26-20(24-16-18-4-3-10-22-15-18)7-6-17-8-12-25(13-9-17)21(27)14-19-5-1-2-11-23-19/h1-5,10-11,15,17H,6-9,12-14,16H2,(H,24,26). The normalized spacial score (nSPS) is 14.7. The summed E-state index contributed by atoms with van der Waals surface area (Å²) in [6.45, 7) is 2.06. The summed E-state index contributed by atoms with van der Waals surface area (Å²) in [5, 5.41) is 2.94. The van der Waals surface area contributed by atoms with Crippen LogP contribution in [0, 0.1) is 5.92 Å². The van der Waals surface area contributed by atoms with E-state index in [9.17, 15) is 9.59 Å². The van der Waals surface area contributed by atoms with Crippen molar-refractivity contribution in [2.45, 2.75) is 38.6 Å². The monoisotopic (exact) mass is 366 g/mol. The summed E-state index contributed by atoms with van der Waals surface area (Å²) in [5.41, 5.74) is 1.82. The first-order valence-electron chi connectivity index (χ1n) is 9.54. The molecule has 6 nitrogen and oxygen atoms in total. The van der Waals surface area contributed by atoms with Crippen LogP contribution in [0.1, 0.15) is 36.9 Å². The number of carbonyl (C=O) groups is 2. The van der Waals surface area contributed by atoms with Crippen LogP contribution in [-0.4, -0.2) is 39.8 Å². The van der Waals surface area contributed by atoms with Crippen LogP contribution in [0.5, 0.6) is 0 Å². The third-order valence-corrected chi connectivity index (χ3v) is 5.02. The molecule has 3 heterocycles. The third-order valence-electron chi connectivity index (χ3n) is 5.02. The molecule has 6 heteroatoms. The lowest BCUT2D eigenvalue weighted by molar-refractivity contribution is -0.132. The SMILES string of the molecule is O=C(CCC1CCN(C(=O)Cc2ccccn2)CC1)NCc1cccnc1. The molecule has 1 saturated heterocycles. The van der Waals surface area contributed by atoms with Crippen LogP contribution in [0.4, 0.5) is 0 Å². The van der Waals surface area contributed by atoms with Gasteiger partial charge in [-0.2, -0.15) is 0 Å². The highest BCUT2D eigenvalue weighted by Gasteiger charge is 2.23. The Morgan fingerprint density at radius 1 is 1.11 bits per heavy atom. The van der Waals surface area contributed by atoms with Crippen molar-refractivity contribution in [3.05, 3.63) is 60.2 Å².